The molecule has 2 aromatic carbocycles. The molecule has 0 fully saturated rings. The van der Waals surface area contributed by atoms with Crippen LogP contribution in [0.1, 0.15) is 11.1 Å². The zero-order valence-electron chi connectivity index (χ0n) is 10.4. The summed E-state index contributed by atoms with van der Waals surface area (Å²) in [7, 11) is -3.65. The van der Waals surface area contributed by atoms with Crippen molar-refractivity contribution in [1.29, 1.82) is 5.26 Å². The summed E-state index contributed by atoms with van der Waals surface area (Å²) in [6, 6.07) is 11.4. The highest BCUT2D eigenvalue weighted by molar-refractivity contribution is 7.90. The first kappa shape index (κ1) is 14.0. The second-order valence-corrected chi connectivity index (χ2v) is 6.21. The highest BCUT2D eigenvalue weighted by Crippen LogP contribution is 2.23. The Morgan fingerprint density at radius 3 is 2.35 bits per heavy atom. The van der Waals surface area contributed by atoms with Gasteiger partial charge in [-0.15, -0.1) is 0 Å². The number of halogens is 1. The third-order valence-corrected chi connectivity index (χ3v) is 4.50. The summed E-state index contributed by atoms with van der Waals surface area (Å²) < 4.78 is 37.4. The zero-order chi connectivity index (χ0) is 14.8. The van der Waals surface area contributed by atoms with Crippen molar-refractivity contribution in [3.05, 3.63) is 59.4 Å². The highest BCUT2D eigenvalue weighted by Gasteiger charge is 2.18. The molecule has 0 saturated heterocycles. The van der Waals surface area contributed by atoms with Crippen LogP contribution in [0.25, 0.3) is 0 Å². The Kier molecular flexibility index (Phi) is 3.72. The van der Waals surface area contributed by atoms with Crippen molar-refractivity contribution >= 4 is 15.5 Å². The molecule has 0 aliphatic rings. The van der Waals surface area contributed by atoms with Gasteiger partial charge in [0.1, 0.15) is 5.82 Å². The molecule has 0 unspecified atom stereocenters. The third-order valence-electron chi connectivity index (χ3n) is 2.75. The maximum Gasteiger partial charge on any atom is 0.184 e. The van der Waals surface area contributed by atoms with Gasteiger partial charge >= 0.3 is 0 Å². The smallest absolute Gasteiger partial charge is 0.184 e. The molecular formula is C14H11FN2O2S. The molecule has 0 radical (unpaired) electrons. The Morgan fingerprint density at radius 2 is 1.80 bits per heavy atom. The molecule has 0 bridgehead atoms. The van der Waals surface area contributed by atoms with E-state index in [0.717, 1.165) is 18.2 Å². The fourth-order valence-electron chi connectivity index (χ4n) is 1.78. The quantitative estimate of drug-likeness (QED) is 0.694. The SMILES string of the molecule is N#Cc1ccc(CS(=O)(=O)c2ccc(F)cc2N)cc1. The van der Waals surface area contributed by atoms with E-state index in [0.29, 0.717) is 11.1 Å². The molecule has 0 aromatic heterocycles. The average molecular weight is 290 g/mol. The monoisotopic (exact) mass is 290 g/mol. The van der Waals surface area contributed by atoms with Crippen molar-refractivity contribution in [1.82, 2.24) is 0 Å². The van der Waals surface area contributed by atoms with Crippen LogP contribution >= 0.6 is 0 Å². The number of benzene rings is 2. The van der Waals surface area contributed by atoms with Crippen LogP contribution in [0.15, 0.2) is 47.4 Å². The van der Waals surface area contributed by atoms with E-state index in [1.165, 1.54) is 0 Å². The Hall–Kier alpha value is -2.39. The van der Waals surface area contributed by atoms with Crippen LogP contribution in [0.4, 0.5) is 10.1 Å². The molecule has 0 spiro atoms. The summed E-state index contributed by atoms with van der Waals surface area (Å²) in [5.74, 6) is -0.839. The summed E-state index contributed by atoms with van der Waals surface area (Å²) in [5.41, 5.74) is 6.42. The van der Waals surface area contributed by atoms with Gasteiger partial charge in [0.25, 0.3) is 0 Å². The lowest BCUT2D eigenvalue weighted by atomic mass is 10.2. The molecule has 4 nitrogen and oxygen atoms in total. The molecule has 0 aliphatic carbocycles. The van der Waals surface area contributed by atoms with Gasteiger partial charge in [0, 0.05) is 0 Å². The lowest BCUT2D eigenvalue weighted by Crippen LogP contribution is -2.08. The molecule has 0 amide bonds. The number of nitrogens with two attached hydrogens (primary N) is 1. The van der Waals surface area contributed by atoms with E-state index in [2.05, 4.69) is 0 Å². The fraction of sp³-hybridized carbons (Fsp3) is 0.0714. The van der Waals surface area contributed by atoms with Gasteiger partial charge in [0.15, 0.2) is 9.84 Å². The predicted octanol–water partition coefficient (Wildman–Crippen LogP) is 2.25. The summed E-state index contributed by atoms with van der Waals surface area (Å²) in [5, 5.41) is 8.68. The second kappa shape index (κ2) is 5.31. The van der Waals surface area contributed by atoms with Gasteiger partial charge in [-0.1, -0.05) is 12.1 Å². The van der Waals surface area contributed by atoms with Crippen LogP contribution in [0.5, 0.6) is 0 Å². The van der Waals surface area contributed by atoms with Crippen LogP contribution in [-0.2, 0) is 15.6 Å². The Labute approximate surface area is 116 Å². The number of nitrogen functional groups attached to an aromatic ring is 1. The number of nitrogens with zero attached hydrogens (tertiary/aromatic N) is 1. The first-order valence-corrected chi connectivity index (χ1v) is 7.34. The van der Waals surface area contributed by atoms with Gasteiger partial charge in [-0.05, 0) is 35.9 Å². The Bertz CT molecular complexity index is 778. The number of nitriles is 1. The number of hydrogen-bond donors (Lipinski definition) is 1. The van der Waals surface area contributed by atoms with Gasteiger partial charge in [-0.2, -0.15) is 5.26 Å². The highest BCUT2D eigenvalue weighted by atomic mass is 32.2. The molecular weight excluding hydrogens is 279 g/mol. The van der Waals surface area contributed by atoms with Gasteiger partial charge in [0.2, 0.25) is 0 Å². The maximum absolute atomic E-state index is 12.9. The molecule has 20 heavy (non-hydrogen) atoms. The van der Waals surface area contributed by atoms with Crippen LogP contribution in [0.2, 0.25) is 0 Å². The molecule has 102 valence electrons. The van der Waals surface area contributed by atoms with Gasteiger partial charge in [-0.3, -0.25) is 0 Å². The van der Waals surface area contributed by atoms with Crippen LogP contribution in [0.3, 0.4) is 0 Å². The zero-order valence-corrected chi connectivity index (χ0v) is 11.2. The summed E-state index contributed by atoms with van der Waals surface area (Å²) in [6.45, 7) is 0. The molecule has 2 rings (SSSR count). The second-order valence-electron chi connectivity index (χ2n) is 4.25. The van der Waals surface area contributed by atoms with E-state index in [1.807, 2.05) is 6.07 Å². The Morgan fingerprint density at radius 1 is 1.15 bits per heavy atom. The van der Waals surface area contributed by atoms with Crippen molar-refractivity contribution in [3.63, 3.8) is 0 Å². The lowest BCUT2D eigenvalue weighted by Gasteiger charge is -2.07. The van der Waals surface area contributed by atoms with E-state index in [1.54, 1.807) is 24.3 Å². The number of anilines is 1. The summed E-state index contributed by atoms with van der Waals surface area (Å²) in [6.07, 6.45) is 0. The maximum atomic E-state index is 12.9. The number of sulfone groups is 1. The first-order valence-electron chi connectivity index (χ1n) is 5.69. The first-order chi connectivity index (χ1) is 9.42. The standard InChI is InChI=1S/C14H11FN2O2S/c15-12-5-6-14(13(17)7-12)20(18,19)9-11-3-1-10(8-16)2-4-11/h1-7H,9,17H2. The van der Waals surface area contributed by atoms with Gasteiger partial charge < -0.3 is 5.73 Å². The van der Waals surface area contributed by atoms with Crippen molar-refractivity contribution in [3.8, 4) is 6.07 Å². The van der Waals surface area contributed by atoms with E-state index in [4.69, 9.17) is 11.0 Å². The predicted molar refractivity (Wildman–Crippen MR) is 72.9 cm³/mol. The normalized spacial score (nSPS) is 11.0. The minimum atomic E-state index is -3.65. The summed E-state index contributed by atoms with van der Waals surface area (Å²) >= 11 is 0. The van der Waals surface area contributed by atoms with E-state index in [9.17, 15) is 12.8 Å². The van der Waals surface area contributed by atoms with E-state index < -0.39 is 15.7 Å². The molecule has 6 heteroatoms. The van der Waals surface area contributed by atoms with Crippen LogP contribution < -0.4 is 5.73 Å². The Balaban J connectivity index is 2.33. The van der Waals surface area contributed by atoms with Crippen LogP contribution in [0, 0.1) is 17.1 Å². The van der Waals surface area contributed by atoms with E-state index >= 15 is 0 Å². The van der Waals surface area contributed by atoms with Crippen molar-refractivity contribution in [2.45, 2.75) is 10.6 Å². The largest absolute Gasteiger partial charge is 0.398 e. The minimum Gasteiger partial charge on any atom is -0.398 e. The van der Waals surface area contributed by atoms with Gasteiger partial charge in [-0.25, -0.2) is 12.8 Å². The van der Waals surface area contributed by atoms with Crippen LogP contribution in [-0.4, -0.2) is 8.42 Å². The molecule has 2 N–H and O–H groups in total. The number of hydrogen-bond acceptors (Lipinski definition) is 4. The van der Waals surface area contributed by atoms with Crippen molar-refractivity contribution < 1.29 is 12.8 Å². The lowest BCUT2D eigenvalue weighted by molar-refractivity contribution is 0.594. The molecule has 0 heterocycles. The number of rotatable bonds is 3. The molecule has 2 aromatic rings. The average Bonchev–Trinajstić information content (AvgIpc) is 2.38. The van der Waals surface area contributed by atoms with E-state index in [-0.39, 0.29) is 16.3 Å². The topological polar surface area (TPSA) is 84.0 Å². The molecule has 0 atom stereocenters. The summed E-state index contributed by atoms with van der Waals surface area (Å²) in [4.78, 5) is -0.0942. The van der Waals surface area contributed by atoms with Crippen molar-refractivity contribution in [2.75, 3.05) is 5.73 Å². The van der Waals surface area contributed by atoms with Gasteiger partial charge in [0.05, 0.1) is 28.0 Å². The molecule has 0 aliphatic heterocycles. The minimum absolute atomic E-state index is 0.0942. The third kappa shape index (κ3) is 2.95. The van der Waals surface area contributed by atoms with Crippen molar-refractivity contribution in [2.24, 2.45) is 0 Å². The fourth-order valence-corrected chi connectivity index (χ4v) is 3.26. The molecule has 0 saturated carbocycles.